The number of aliphatic hydroxyl groups is 1. The largest absolute Gasteiger partial charge is 0.391 e. The van der Waals surface area contributed by atoms with Gasteiger partial charge in [0.05, 0.1) is 12.1 Å². The summed E-state index contributed by atoms with van der Waals surface area (Å²) >= 11 is 0. The first-order chi connectivity index (χ1) is 8.08. The molecular formula is C13H24N2O2. The van der Waals surface area contributed by atoms with Gasteiger partial charge in [-0.2, -0.15) is 0 Å². The maximum atomic E-state index is 12.2. The Labute approximate surface area is 103 Å². The molecule has 1 saturated heterocycles. The molecule has 0 aromatic rings. The molecule has 17 heavy (non-hydrogen) atoms. The highest BCUT2D eigenvalue weighted by atomic mass is 16.3. The Bertz CT molecular complexity index is 277. The lowest BCUT2D eigenvalue weighted by atomic mass is 10.0. The van der Waals surface area contributed by atoms with Crippen LogP contribution in [0.25, 0.3) is 0 Å². The van der Waals surface area contributed by atoms with Crippen molar-refractivity contribution in [1.29, 1.82) is 0 Å². The quantitative estimate of drug-likeness (QED) is 0.745. The summed E-state index contributed by atoms with van der Waals surface area (Å²) in [6.07, 6.45) is 3.89. The molecule has 0 radical (unpaired) electrons. The molecular weight excluding hydrogens is 216 g/mol. The summed E-state index contributed by atoms with van der Waals surface area (Å²) in [4.78, 5) is 14.0. The molecule has 1 aliphatic heterocycles. The van der Waals surface area contributed by atoms with Gasteiger partial charge in [-0.15, -0.1) is 0 Å². The molecule has 2 unspecified atom stereocenters. The highest BCUT2D eigenvalue weighted by molar-refractivity contribution is 5.82. The number of hydrogen-bond donors (Lipinski definition) is 2. The number of hydrogen-bond acceptors (Lipinski definition) is 3. The maximum absolute atomic E-state index is 12.2. The van der Waals surface area contributed by atoms with E-state index < -0.39 is 0 Å². The van der Waals surface area contributed by atoms with Gasteiger partial charge in [0.2, 0.25) is 5.91 Å². The second-order valence-corrected chi connectivity index (χ2v) is 5.71. The molecule has 98 valence electrons. The average Bonchev–Trinajstić information content (AvgIpc) is 3.06. The summed E-state index contributed by atoms with van der Waals surface area (Å²) in [5.41, 5.74) is 0. The van der Waals surface area contributed by atoms with E-state index in [1.54, 1.807) is 0 Å². The Morgan fingerprint density at radius 2 is 2.12 bits per heavy atom. The minimum atomic E-state index is -0.309. The number of β-amino-alcohol motifs (C(OH)–C–C–N with tert-alkyl or cyclic N) is 1. The van der Waals surface area contributed by atoms with Crippen LogP contribution >= 0.6 is 0 Å². The molecule has 0 spiro atoms. The van der Waals surface area contributed by atoms with Crippen LogP contribution in [0.2, 0.25) is 0 Å². The summed E-state index contributed by atoms with van der Waals surface area (Å²) in [5, 5.41) is 13.2. The maximum Gasteiger partial charge on any atom is 0.239 e. The van der Waals surface area contributed by atoms with Crippen LogP contribution in [0.15, 0.2) is 0 Å². The Balaban J connectivity index is 1.86. The lowest BCUT2D eigenvalue weighted by Crippen LogP contribution is -2.54. The van der Waals surface area contributed by atoms with Crippen molar-refractivity contribution in [2.45, 2.75) is 57.7 Å². The number of likely N-dealkylation sites (tertiary alicyclic amines) is 1. The Hall–Kier alpha value is -0.610. The molecule has 0 bridgehead atoms. The summed E-state index contributed by atoms with van der Waals surface area (Å²) in [5.74, 6) is 0.617. The van der Waals surface area contributed by atoms with Gasteiger partial charge < -0.3 is 15.3 Å². The van der Waals surface area contributed by atoms with E-state index in [-0.39, 0.29) is 18.1 Å². The first-order valence-electron chi connectivity index (χ1n) is 6.81. The fraction of sp³-hybridized carbons (Fsp3) is 0.923. The number of nitrogens with zero attached hydrogens (tertiary/aromatic N) is 1. The van der Waals surface area contributed by atoms with E-state index in [0.717, 1.165) is 32.2 Å². The van der Waals surface area contributed by atoms with Gasteiger partial charge in [-0.05, 0) is 31.6 Å². The summed E-state index contributed by atoms with van der Waals surface area (Å²) in [7, 11) is 0. The molecule has 0 aromatic carbocycles. The number of rotatable bonds is 5. The van der Waals surface area contributed by atoms with Crippen molar-refractivity contribution in [2.75, 3.05) is 13.1 Å². The van der Waals surface area contributed by atoms with Crippen molar-refractivity contribution in [3.05, 3.63) is 0 Å². The van der Waals surface area contributed by atoms with E-state index in [1.807, 2.05) is 4.90 Å². The van der Waals surface area contributed by atoms with Crippen LogP contribution < -0.4 is 5.32 Å². The highest BCUT2D eigenvalue weighted by Gasteiger charge is 2.35. The number of carbonyl (C=O) groups excluding carboxylic acids is 1. The SMILES string of the molecule is CC(C)NC1CCCN(CC(O)C2CC2)C1=O. The summed E-state index contributed by atoms with van der Waals surface area (Å²) < 4.78 is 0. The van der Waals surface area contributed by atoms with Gasteiger partial charge >= 0.3 is 0 Å². The Morgan fingerprint density at radius 3 is 2.71 bits per heavy atom. The third-order valence-electron chi connectivity index (χ3n) is 3.64. The third-order valence-corrected chi connectivity index (χ3v) is 3.64. The van der Waals surface area contributed by atoms with Crippen molar-refractivity contribution in [3.8, 4) is 0 Å². The monoisotopic (exact) mass is 240 g/mol. The van der Waals surface area contributed by atoms with Gasteiger partial charge in [-0.3, -0.25) is 4.79 Å². The smallest absolute Gasteiger partial charge is 0.239 e. The van der Waals surface area contributed by atoms with Gasteiger partial charge in [0.15, 0.2) is 0 Å². The fourth-order valence-electron chi connectivity index (χ4n) is 2.53. The van der Waals surface area contributed by atoms with Gasteiger partial charge in [-0.1, -0.05) is 13.8 Å². The molecule has 2 N–H and O–H groups in total. The van der Waals surface area contributed by atoms with Gasteiger partial charge in [0.25, 0.3) is 0 Å². The van der Waals surface area contributed by atoms with Crippen molar-refractivity contribution < 1.29 is 9.90 Å². The van der Waals surface area contributed by atoms with E-state index in [4.69, 9.17) is 0 Å². The molecule has 4 nitrogen and oxygen atoms in total. The molecule has 1 aliphatic carbocycles. The first-order valence-corrected chi connectivity index (χ1v) is 6.81. The number of carbonyl (C=O) groups is 1. The minimum absolute atomic E-state index is 0.0462. The molecule has 1 saturated carbocycles. The second-order valence-electron chi connectivity index (χ2n) is 5.71. The van der Waals surface area contributed by atoms with Gasteiger partial charge in [0.1, 0.15) is 0 Å². The highest BCUT2D eigenvalue weighted by Crippen LogP contribution is 2.33. The zero-order valence-electron chi connectivity index (χ0n) is 10.9. The topological polar surface area (TPSA) is 52.6 Å². The third kappa shape index (κ3) is 3.42. The van der Waals surface area contributed by atoms with Crippen LogP contribution in [0.3, 0.4) is 0 Å². The molecule has 0 aromatic heterocycles. The van der Waals surface area contributed by atoms with Crippen LogP contribution in [0.4, 0.5) is 0 Å². The van der Waals surface area contributed by atoms with Crippen LogP contribution in [0.1, 0.15) is 39.5 Å². The second kappa shape index (κ2) is 5.36. The molecule has 2 rings (SSSR count). The molecule has 2 aliphatic rings. The van der Waals surface area contributed by atoms with Crippen molar-refractivity contribution in [3.63, 3.8) is 0 Å². The molecule has 1 amide bonds. The van der Waals surface area contributed by atoms with Crippen LogP contribution in [-0.2, 0) is 4.79 Å². The summed E-state index contributed by atoms with van der Waals surface area (Å²) in [6.45, 7) is 5.45. The number of nitrogens with one attached hydrogen (secondary N) is 1. The van der Waals surface area contributed by atoms with Crippen molar-refractivity contribution in [2.24, 2.45) is 5.92 Å². The van der Waals surface area contributed by atoms with Gasteiger partial charge in [-0.25, -0.2) is 0 Å². The number of amides is 1. The van der Waals surface area contributed by atoms with E-state index in [1.165, 1.54) is 0 Å². The normalized spacial score (nSPS) is 27.6. The zero-order chi connectivity index (χ0) is 12.4. The average molecular weight is 240 g/mol. The molecule has 4 heteroatoms. The Kier molecular flexibility index (Phi) is 4.05. The zero-order valence-corrected chi connectivity index (χ0v) is 10.9. The summed E-state index contributed by atoms with van der Waals surface area (Å²) in [6, 6.07) is 0.285. The number of aliphatic hydroxyl groups excluding tert-OH is 1. The molecule has 2 atom stereocenters. The van der Waals surface area contributed by atoms with E-state index in [2.05, 4.69) is 19.2 Å². The predicted molar refractivity (Wildman–Crippen MR) is 66.6 cm³/mol. The van der Waals surface area contributed by atoms with E-state index >= 15 is 0 Å². The van der Waals surface area contributed by atoms with Gasteiger partial charge in [0, 0.05) is 19.1 Å². The van der Waals surface area contributed by atoms with Crippen LogP contribution in [-0.4, -0.2) is 47.2 Å². The predicted octanol–water partition coefficient (Wildman–Crippen LogP) is 0.746. The van der Waals surface area contributed by atoms with E-state index in [9.17, 15) is 9.90 Å². The van der Waals surface area contributed by atoms with E-state index in [0.29, 0.717) is 18.5 Å². The Morgan fingerprint density at radius 1 is 1.41 bits per heavy atom. The fourth-order valence-corrected chi connectivity index (χ4v) is 2.53. The minimum Gasteiger partial charge on any atom is -0.391 e. The molecule has 2 fully saturated rings. The van der Waals surface area contributed by atoms with Crippen molar-refractivity contribution >= 4 is 5.91 Å². The standard InChI is InChI=1S/C13H24N2O2/c1-9(2)14-11-4-3-7-15(13(11)17)8-12(16)10-5-6-10/h9-12,14,16H,3-8H2,1-2H3. The lowest BCUT2D eigenvalue weighted by Gasteiger charge is -2.34. The first kappa shape index (κ1) is 12.8. The molecule has 1 heterocycles. The van der Waals surface area contributed by atoms with Crippen LogP contribution in [0.5, 0.6) is 0 Å². The number of piperidine rings is 1. The van der Waals surface area contributed by atoms with Crippen LogP contribution in [0, 0.1) is 5.92 Å². The lowest BCUT2D eigenvalue weighted by molar-refractivity contribution is -0.137. The van der Waals surface area contributed by atoms with Crippen molar-refractivity contribution in [1.82, 2.24) is 10.2 Å².